The lowest BCUT2D eigenvalue weighted by Gasteiger charge is -2.13. The predicted octanol–water partition coefficient (Wildman–Crippen LogP) is 0.311. The van der Waals surface area contributed by atoms with Crippen molar-refractivity contribution in [1.29, 1.82) is 0 Å². The summed E-state index contributed by atoms with van der Waals surface area (Å²) in [6, 6.07) is 2.55. The van der Waals surface area contributed by atoms with Crippen LogP contribution in [-0.4, -0.2) is 39.5 Å². The van der Waals surface area contributed by atoms with Crippen molar-refractivity contribution in [3.63, 3.8) is 0 Å². The predicted molar refractivity (Wildman–Crippen MR) is 75.8 cm³/mol. The number of amides is 1. The molecule has 1 atom stereocenters. The highest BCUT2D eigenvalue weighted by atomic mass is 32.2. The lowest BCUT2D eigenvalue weighted by Crippen LogP contribution is -2.38. The molecule has 1 rings (SSSR count). The Bertz CT molecular complexity index is 673. The first-order chi connectivity index (χ1) is 10.7. The summed E-state index contributed by atoms with van der Waals surface area (Å²) in [6.07, 6.45) is -1.13. The molecular weight excluding hydrogens is 334 g/mol. The number of carbonyl (C=O) groups is 2. The molecule has 128 valence electrons. The van der Waals surface area contributed by atoms with Crippen LogP contribution in [0.3, 0.4) is 0 Å². The molecule has 0 aliphatic carbocycles. The fourth-order valence-electron chi connectivity index (χ4n) is 1.58. The Morgan fingerprint density at radius 1 is 1.26 bits per heavy atom. The average molecular weight is 350 g/mol. The van der Waals surface area contributed by atoms with E-state index in [1.807, 2.05) is 0 Å². The van der Waals surface area contributed by atoms with E-state index in [4.69, 9.17) is 4.74 Å². The molecule has 0 aromatic heterocycles. The quantitative estimate of drug-likeness (QED) is 0.689. The number of ether oxygens (including phenoxy) is 1. The zero-order valence-electron chi connectivity index (χ0n) is 12.4. The van der Waals surface area contributed by atoms with E-state index in [-0.39, 0.29) is 0 Å². The minimum atomic E-state index is -4.58. The summed E-state index contributed by atoms with van der Waals surface area (Å²) < 4.78 is 56.9. The van der Waals surface area contributed by atoms with Crippen LogP contribution in [0.5, 0.6) is 0 Å². The molecule has 0 bridgehead atoms. The van der Waals surface area contributed by atoms with Crippen LogP contribution in [-0.2, 0) is 24.3 Å². The van der Waals surface area contributed by atoms with Gasteiger partial charge in [0, 0.05) is 6.54 Å². The van der Waals surface area contributed by atoms with Crippen molar-refractivity contribution in [1.82, 2.24) is 10.0 Å². The number of hydrogen-bond donors (Lipinski definition) is 2. The monoisotopic (exact) mass is 350 g/mol. The lowest BCUT2D eigenvalue weighted by atomic mass is 10.3. The van der Waals surface area contributed by atoms with Crippen molar-refractivity contribution < 1.29 is 31.5 Å². The van der Waals surface area contributed by atoms with Crippen molar-refractivity contribution in [2.45, 2.75) is 24.8 Å². The Morgan fingerprint density at radius 3 is 2.35 bits per heavy atom. The summed E-state index contributed by atoms with van der Waals surface area (Å²) in [4.78, 5) is 21.7. The molecule has 23 heavy (non-hydrogen) atoms. The molecule has 0 saturated carbocycles. The summed E-state index contributed by atoms with van der Waals surface area (Å²) in [7, 11) is -4.58. The van der Waals surface area contributed by atoms with Crippen molar-refractivity contribution in [3.05, 3.63) is 29.8 Å². The third kappa shape index (κ3) is 5.25. The SMILES string of the molecule is CCNC(=O)[C@H](C)OC(=O)CNS(=O)(=O)c1c(F)cccc1F. The molecule has 1 aromatic carbocycles. The van der Waals surface area contributed by atoms with Gasteiger partial charge in [-0.3, -0.25) is 9.59 Å². The summed E-state index contributed by atoms with van der Waals surface area (Å²) >= 11 is 0. The summed E-state index contributed by atoms with van der Waals surface area (Å²) in [5.41, 5.74) is 0. The maximum Gasteiger partial charge on any atom is 0.321 e. The number of sulfonamides is 1. The molecule has 0 spiro atoms. The van der Waals surface area contributed by atoms with E-state index in [9.17, 15) is 26.8 Å². The van der Waals surface area contributed by atoms with Crippen LogP contribution in [0.2, 0.25) is 0 Å². The van der Waals surface area contributed by atoms with Crippen LogP contribution in [0.15, 0.2) is 23.1 Å². The smallest absolute Gasteiger partial charge is 0.321 e. The summed E-state index contributed by atoms with van der Waals surface area (Å²) in [5, 5.41) is 2.41. The second kappa shape index (κ2) is 7.97. The number of halogens is 2. The number of hydrogen-bond acceptors (Lipinski definition) is 5. The van der Waals surface area contributed by atoms with Gasteiger partial charge in [-0.2, -0.15) is 4.72 Å². The van der Waals surface area contributed by atoms with Crippen LogP contribution < -0.4 is 10.0 Å². The zero-order valence-corrected chi connectivity index (χ0v) is 13.2. The van der Waals surface area contributed by atoms with E-state index in [0.29, 0.717) is 6.54 Å². The normalized spacial score (nSPS) is 12.5. The van der Waals surface area contributed by atoms with Gasteiger partial charge in [0.15, 0.2) is 11.0 Å². The Labute approximate surface area is 132 Å². The van der Waals surface area contributed by atoms with E-state index in [2.05, 4.69) is 5.32 Å². The third-order valence-electron chi connectivity index (χ3n) is 2.62. The number of likely N-dealkylation sites (N-methyl/N-ethyl adjacent to an activating group) is 1. The van der Waals surface area contributed by atoms with Gasteiger partial charge in [0.1, 0.15) is 18.2 Å². The Hall–Kier alpha value is -2.07. The molecule has 1 aromatic rings. The number of carbonyl (C=O) groups excluding carboxylic acids is 2. The number of rotatable bonds is 7. The van der Waals surface area contributed by atoms with Gasteiger partial charge in [-0.25, -0.2) is 17.2 Å². The molecule has 1 amide bonds. The second-order valence-corrected chi connectivity index (χ2v) is 6.11. The second-order valence-electron chi connectivity index (χ2n) is 4.40. The highest BCUT2D eigenvalue weighted by Gasteiger charge is 2.25. The largest absolute Gasteiger partial charge is 0.452 e. The van der Waals surface area contributed by atoms with Gasteiger partial charge in [-0.15, -0.1) is 0 Å². The minimum absolute atomic E-state index is 0.333. The first-order valence-corrected chi connectivity index (χ1v) is 8.08. The highest BCUT2D eigenvalue weighted by Crippen LogP contribution is 2.17. The van der Waals surface area contributed by atoms with Crippen LogP contribution in [0, 0.1) is 11.6 Å². The van der Waals surface area contributed by atoms with Crippen LogP contribution in [0.1, 0.15) is 13.8 Å². The first kappa shape index (κ1) is 19.0. The highest BCUT2D eigenvalue weighted by molar-refractivity contribution is 7.89. The van der Waals surface area contributed by atoms with Crippen LogP contribution in [0.25, 0.3) is 0 Å². The van der Waals surface area contributed by atoms with Gasteiger partial charge in [0.25, 0.3) is 5.91 Å². The molecule has 0 saturated heterocycles. The Kier molecular flexibility index (Phi) is 6.58. The van der Waals surface area contributed by atoms with E-state index in [1.54, 1.807) is 11.6 Å². The Balaban J connectivity index is 2.70. The van der Waals surface area contributed by atoms with Crippen LogP contribution >= 0.6 is 0 Å². The molecule has 0 aliphatic heterocycles. The summed E-state index contributed by atoms with van der Waals surface area (Å²) in [5.74, 6) is -4.20. The van der Waals surface area contributed by atoms with Gasteiger partial charge in [0.05, 0.1) is 0 Å². The maximum absolute atomic E-state index is 13.4. The average Bonchev–Trinajstić information content (AvgIpc) is 2.45. The van der Waals surface area contributed by atoms with Gasteiger partial charge < -0.3 is 10.1 Å². The molecule has 7 nitrogen and oxygen atoms in total. The number of esters is 1. The zero-order chi connectivity index (χ0) is 17.6. The molecule has 0 heterocycles. The van der Waals surface area contributed by atoms with Gasteiger partial charge in [-0.05, 0) is 26.0 Å². The molecule has 10 heteroatoms. The van der Waals surface area contributed by atoms with Crippen LogP contribution in [0.4, 0.5) is 8.78 Å². The van der Waals surface area contributed by atoms with Gasteiger partial charge in [0.2, 0.25) is 10.0 Å². The van der Waals surface area contributed by atoms with Crippen molar-refractivity contribution in [2.24, 2.45) is 0 Å². The third-order valence-corrected chi connectivity index (χ3v) is 4.07. The van der Waals surface area contributed by atoms with E-state index >= 15 is 0 Å². The standard InChI is InChI=1S/C13H16F2N2O5S/c1-3-16-13(19)8(2)22-11(18)7-17-23(20,21)12-9(14)5-4-6-10(12)15/h4-6,8,17H,3,7H2,1-2H3,(H,16,19)/t8-/m0/s1. The lowest BCUT2D eigenvalue weighted by molar-refractivity contribution is -0.153. The van der Waals surface area contributed by atoms with Gasteiger partial charge >= 0.3 is 5.97 Å². The molecule has 0 aliphatic rings. The fourth-order valence-corrected chi connectivity index (χ4v) is 2.68. The molecule has 0 fully saturated rings. The first-order valence-electron chi connectivity index (χ1n) is 6.60. The summed E-state index contributed by atoms with van der Waals surface area (Å²) in [6.45, 7) is 2.43. The molecule has 2 N–H and O–H groups in total. The number of nitrogens with one attached hydrogen (secondary N) is 2. The molecule has 0 radical (unpaired) electrons. The topological polar surface area (TPSA) is 102 Å². The van der Waals surface area contributed by atoms with E-state index < -0.39 is 51.1 Å². The van der Waals surface area contributed by atoms with Crippen molar-refractivity contribution >= 4 is 21.9 Å². The molecular formula is C13H16F2N2O5S. The minimum Gasteiger partial charge on any atom is -0.452 e. The van der Waals surface area contributed by atoms with E-state index in [0.717, 1.165) is 18.2 Å². The van der Waals surface area contributed by atoms with Gasteiger partial charge in [-0.1, -0.05) is 6.07 Å². The Morgan fingerprint density at radius 2 is 1.83 bits per heavy atom. The fraction of sp³-hybridized carbons (Fsp3) is 0.385. The number of benzene rings is 1. The van der Waals surface area contributed by atoms with Crippen molar-refractivity contribution in [2.75, 3.05) is 13.1 Å². The van der Waals surface area contributed by atoms with Crippen molar-refractivity contribution in [3.8, 4) is 0 Å². The molecule has 0 unspecified atom stereocenters. The van der Waals surface area contributed by atoms with E-state index in [1.165, 1.54) is 6.92 Å². The maximum atomic E-state index is 13.4.